The summed E-state index contributed by atoms with van der Waals surface area (Å²) in [6.07, 6.45) is 10.2. The summed E-state index contributed by atoms with van der Waals surface area (Å²) < 4.78 is 0. The molecule has 0 amide bonds. The van der Waals surface area contributed by atoms with E-state index in [0.717, 1.165) is 12.8 Å². The second kappa shape index (κ2) is 2.29. The molecule has 2 nitrogen and oxygen atoms in total. The van der Waals surface area contributed by atoms with E-state index in [1.54, 1.807) is 6.34 Å². The topological polar surface area (TPSA) is 26.5 Å². The van der Waals surface area contributed by atoms with Gasteiger partial charge in [-0.3, -0.25) is 5.32 Å². The minimum Gasteiger partial charge on any atom is -0.262 e. The number of fused-ring (bicyclic) bond motifs is 1. The van der Waals surface area contributed by atoms with Crippen LogP contribution in [0.2, 0.25) is 0 Å². The van der Waals surface area contributed by atoms with Crippen molar-refractivity contribution < 1.29 is 0 Å². The summed E-state index contributed by atoms with van der Waals surface area (Å²) in [6, 6.07) is 0.311. The van der Waals surface area contributed by atoms with Crippen LogP contribution in [0.25, 0.3) is 0 Å². The first-order valence-electron chi connectivity index (χ1n) is 3.54. The monoisotopic (exact) mass is 133 g/mol. The molecule has 1 aliphatic heterocycles. The number of rotatable bonds is 0. The second-order valence-electron chi connectivity index (χ2n) is 2.53. The maximum absolute atomic E-state index is 4.20. The van der Waals surface area contributed by atoms with Crippen LogP contribution >= 0.6 is 0 Å². The molecule has 0 spiro atoms. The van der Waals surface area contributed by atoms with Crippen LogP contribution in [0.4, 0.5) is 0 Å². The van der Waals surface area contributed by atoms with E-state index in [1.165, 1.54) is 5.57 Å². The van der Waals surface area contributed by atoms with Gasteiger partial charge in [0.1, 0.15) is 6.34 Å². The molecule has 0 N–H and O–H groups in total. The van der Waals surface area contributed by atoms with Gasteiger partial charge in [0.05, 0.1) is 6.04 Å². The van der Waals surface area contributed by atoms with Gasteiger partial charge in [0, 0.05) is 6.20 Å². The number of nitrogens with zero attached hydrogens (tertiary/aromatic N) is 2. The Balaban J connectivity index is 2.26. The Hall–Kier alpha value is -1.05. The molecule has 0 bridgehead atoms. The minimum absolute atomic E-state index is 0.311. The lowest BCUT2D eigenvalue weighted by molar-refractivity contribution is 0.726. The summed E-state index contributed by atoms with van der Waals surface area (Å²) in [5.41, 5.74) is 1.35. The zero-order valence-electron chi connectivity index (χ0n) is 5.70. The molecule has 1 unspecified atom stereocenters. The zero-order valence-corrected chi connectivity index (χ0v) is 5.70. The number of hydrogen-bond acceptors (Lipinski definition) is 1. The van der Waals surface area contributed by atoms with Gasteiger partial charge in [-0.2, -0.15) is 0 Å². The van der Waals surface area contributed by atoms with E-state index in [-0.39, 0.29) is 0 Å². The molecular weight excluding hydrogens is 124 g/mol. The quantitative estimate of drug-likeness (QED) is 0.444. The molecule has 0 aromatic carbocycles. The molecule has 1 atom stereocenters. The Morgan fingerprint density at radius 2 is 2.50 bits per heavy atom. The molecule has 2 aliphatic rings. The number of hydrogen-bond donors (Lipinski definition) is 0. The molecule has 1 aliphatic carbocycles. The molecule has 0 aromatic rings. The highest BCUT2D eigenvalue weighted by molar-refractivity contribution is 5.59. The van der Waals surface area contributed by atoms with Crippen molar-refractivity contribution in [1.29, 1.82) is 0 Å². The van der Waals surface area contributed by atoms with Gasteiger partial charge in [0.15, 0.2) is 0 Å². The summed E-state index contributed by atoms with van der Waals surface area (Å²) in [7, 11) is 0. The highest BCUT2D eigenvalue weighted by atomic mass is 15.0. The molecule has 0 fully saturated rings. The van der Waals surface area contributed by atoms with E-state index in [2.05, 4.69) is 22.5 Å². The Labute approximate surface area is 60.3 Å². The molecule has 51 valence electrons. The first kappa shape index (κ1) is 5.71. The van der Waals surface area contributed by atoms with Gasteiger partial charge in [0.2, 0.25) is 0 Å². The lowest BCUT2D eigenvalue weighted by Crippen LogP contribution is -2.25. The fraction of sp³-hybridized carbons (Fsp3) is 0.375. The number of aliphatic imine (C=N–C) groups is 1. The first-order valence-corrected chi connectivity index (χ1v) is 3.54. The molecule has 1 heterocycles. The third-order valence-corrected chi connectivity index (χ3v) is 1.83. The molecule has 0 saturated heterocycles. The average molecular weight is 133 g/mol. The van der Waals surface area contributed by atoms with E-state index in [9.17, 15) is 0 Å². The summed E-state index contributed by atoms with van der Waals surface area (Å²) in [4.78, 5) is 3.97. The van der Waals surface area contributed by atoms with E-state index < -0.39 is 0 Å². The van der Waals surface area contributed by atoms with Crippen LogP contribution in [0, 0.1) is 0 Å². The molecule has 2 heteroatoms. The standard InChI is InChI=1S/C8H9N2/c1-2-4-8-7(3-1)5-9-6-10-8/h2,4-6,8H,1,3H2. The zero-order chi connectivity index (χ0) is 6.81. The largest absolute Gasteiger partial charge is 0.262 e. The SMILES string of the molecule is C1=CC2[N]C=NC=C2CC1. The third-order valence-electron chi connectivity index (χ3n) is 1.83. The van der Waals surface area contributed by atoms with Crippen LogP contribution in [0.3, 0.4) is 0 Å². The highest BCUT2D eigenvalue weighted by Gasteiger charge is 2.15. The van der Waals surface area contributed by atoms with Crippen molar-refractivity contribution >= 4 is 6.34 Å². The lowest BCUT2D eigenvalue weighted by atomic mass is 9.97. The van der Waals surface area contributed by atoms with E-state index >= 15 is 0 Å². The van der Waals surface area contributed by atoms with E-state index in [1.807, 2.05) is 6.20 Å². The predicted molar refractivity (Wildman–Crippen MR) is 40.9 cm³/mol. The van der Waals surface area contributed by atoms with Crippen LogP contribution in [0.1, 0.15) is 12.8 Å². The first-order chi connectivity index (χ1) is 4.97. The van der Waals surface area contributed by atoms with Crippen molar-refractivity contribution in [2.24, 2.45) is 4.99 Å². The van der Waals surface area contributed by atoms with Crippen LogP contribution in [-0.4, -0.2) is 12.4 Å². The summed E-state index contributed by atoms with van der Waals surface area (Å²) in [6.45, 7) is 0. The lowest BCUT2D eigenvalue weighted by Gasteiger charge is -2.19. The molecule has 1 radical (unpaired) electrons. The van der Waals surface area contributed by atoms with Crippen molar-refractivity contribution in [2.45, 2.75) is 18.9 Å². The Bertz CT molecular complexity index is 213. The van der Waals surface area contributed by atoms with Gasteiger partial charge in [-0.25, -0.2) is 4.99 Å². The summed E-state index contributed by atoms with van der Waals surface area (Å²) in [5.74, 6) is 0. The van der Waals surface area contributed by atoms with Gasteiger partial charge in [-0.1, -0.05) is 12.2 Å². The van der Waals surface area contributed by atoms with Crippen molar-refractivity contribution in [3.63, 3.8) is 0 Å². The Morgan fingerprint density at radius 1 is 1.50 bits per heavy atom. The minimum atomic E-state index is 0.311. The molecule has 0 saturated carbocycles. The smallest absolute Gasteiger partial charge is 0.110 e. The third kappa shape index (κ3) is 0.856. The van der Waals surface area contributed by atoms with Crippen LogP contribution in [-0.2, 0) is 0 Å². The van der Waals surface area contributed by atoms with Gasteiger partial charge in [-0.15, -0.1) is 0 Å². The summed E-state index contributed by atoms with van der Waals surface area (Å²) >= 11 is 0. The van der Waals surface area contributed by atoms with E-state index in [0.29, 0.717) is 6.04 Å². The molecular formula is C8H9N2. The normalized spacial score (nSPS) is 28.8. The van der Waals surface area contributed by atoms with Gasteiger partial charge in [-0.05, 0) is 18.4 Å². The average Bonchev–Trinajstić information content (AvgIpc) is 2.05. The fourth-order valence-electron chi connectivity index (χ4n) is 1.27. The van der Waals surface area contributed by atoms with Gasteiger partial charge >= 0.3 is 0 Å². The Morgan fingerprint density at radius 3 is 3.40 bits per heavy atom. The second-order valence-corrected chi connectivity index (χ2v) is 2.53. The van der Waals surface area contributed by atoms with Crippen molar-refractivity contribution in [3.8, 4) is 0 Å². The highest BCUT2D eigenvalue weighted by Crippen LogP contribution is 2.19. The predicted octanol–water partition coefficient (Wildman–Crippen LogP) is 1.24. The van der Waals surface area contributed by atoms with Crippen LogP contribution in [0.5, 0.6) is 0 Å². The van der Waals surface area contributed by atoms with Crippen molar-refractivity contribution in [3.05, 3.63) is 23.9 Å². The Kier molecular flexibility index (Phi) is 1.31. The van der Waals surface area contributed by atoms with Crippen molar-refractivity contribution in [2.75, 3.05) is 0 Å². The summed E-state index contributed by atoms with van der Waals surface area (Å²) in [5, 5.41) is 4.20. The molecule has 10 heavy (non-hydrogen) atoms. The molecule has 0 aromatic heterocycles. The van der Waals surface area contributed by atoms with Crippen LogP contribution in [0.15, 0.2) is 28.9 Å². The molecule has 2 rings (SSSR count). The van der Waals surface area contributed by atoms with Gasteiger partial charge in [0.25, 0.3) is 0 Å². The van der Waals surface area contributed by atoms with E-state index in [4.69, 9.17) is 0 Å². The van der Waals surface area contributed by atoms with Crippen LogP contribution < -0.4 is 5.32 Å². The maximum atomic E-state index is 4.20. The maximum Gasteiger partial charge on any atom is 0.110 e. The van der Waals surface area contributed by atoms with Crippen molar-refractivity contribution in [1.82, 2.24) is 5.32 Å². The van der Waals surface area contributed by atoms with Gasteiger partial charge < -0.3 is 0 Å². The number of allylic oxidation sites excluding steroid dienone is 1. The fourth-order valence-corrected chi connectivity index (χ4v) is 1.27.